The predicted molar refractivity (Wildman–Crippen MR) is 92.1 cm³/mol. The minimum absolute atomic E-state index is 0.153. The van der Waals surface area contributed by atoms with Crippen molar-refractivity contribution in [3.8, 4) is 11.4 Å². The zero-order valence-electron chi connectivity index (χ0n) is 14.7. The molecule has 1 N–H and O–H groups in total. The summed E-state index contributed by atoms with van der Waals surface area (Å²) in [6, 6.07) is 1.65. The summed E-state index contributed by atoms with van der Waals surface area (Å²) < 4.78 is 59.1. The molecule has 3 rings (SSSR count). The summed E-state index contributed by atoms with van der Waals surface area (Å²) in [5.41, 5.74) is -6.69. The monoisotopic (exact) mass is 436 g/mol. The number of carboxylic acids is 1. The first-order valence-electron chi connectivity index (χ1n) is 8.19. The number of ether oxygens (including phenoxy) is 1. The molecule has 1 heterocycles. The van der Waals surface area contributed by atoms with Crippen LogP contribution in [0.15, 0.2) is 27.8 Å². The van der Waals surface area contributed by atoms with Crippen LogP contribution in [0.5, 0.6) is 5.75 Å². The Balaban J connectivity index is 2.18. The summed E-state index contributed by atoms with van der Waals surface area (Å²) in [6.45, 7) is 0. The fourth-order valence-electron chi connectivity index (χ4n) is 2.96. The number of carboxylic acid groups (broad SMARTS) is 1. The Bertz CT molecular complexity index is 1120. The molecule has 0 amide bonds. The minimum Gasteiger partial charge on any atom is -0.478 e. The van der Waals surface area contributed by atoms with Gasteiger partial charge in [-0.15, -0.1) is 0 Å². The van der Waals surface area contributed by atoms with Crippen LogP contribution in [-0.4, -0.2) is 25.8 Å². The molecule has 7 nitrogen and oxygen atoms in total. The fourth-order valence-corrected chi connectivity index (χ4v) is 3.14. The second kappa shape index (κ2) is 6.90. The molecular formula is C17H13ClF4N2O5. The zero-order valence-corrected chi connectivity index (χ0v) is 15.5. The van der Waals surface area contributed by atoms with Gasteiger partial charge in [-0.2, -0.15) is 13.2 Å². The lowest BCUT2D eigenvalue weighted by Gasteiger charge is -2.37. The second-order valence-corrected chi connectivity index (χ2v) is 6.94. The van der Waals surface area contributed by atoms with E-state index in [0.29, 0.717) is 12.5 Å². The Hall–Kier alpha value is -2.82. The quantitative estimate of drug-likeness (QED) is 0.744. The molecule has 0 unspecified atom stereocenters. The van der Waals surface area contributed by atoms with Crippen molar-refractivity contribution in [1.29, 1.82) is 0 Å². The van der Waals surface area contributed by atoms with Crippen molar-refractivity contribution in [1.82, 2.24) is 9.13 Å². The number of halogens is 5. The van der Waals surface area contributed by atoms with Crippen LogP contribution in [0.2, 0.25) is 5.02 Å². The van der Waals surface area contributed by atoms with Crippen LogP contribution in [-0.2, 0) is 18.0 Å². The number of carbonyl (C=O) groups is 1. The highest BCUT2D eigenvalue weighted by atomic mass is 35.5. The fraction of sp³-hybridized carbons (Fsp3) is 0.353. The van der Waals surface area contributed by atoms with Gasteiger partial charge in [0.1, 0.15) is 17.3 Å². The Morgan fingerprint density at radius 1 is 1.24 bits per heavy atom. The van der Waals surface area contributed by atoms with Crippen molar-refractivity contribution < 1.29 is 32.2 Å². The number of aliphatic carboxylic acids is 1. The molecule has 1 saturated carbocycles. The van der Waals surface area contributed by atoms with Crippen LogP contribution >= 0.6 is 11.6 Å². The molecule has 12 heteroatoms. The molecule has 1 aromatic heterocycles. The van der Waals surface area contributed by atoms with Crippen molar-refractivity contribution in [2.45, 2.75) is 31.0 Å². The van der Waals surface area contributed by atoms with E-state index < -0.39 is 46.2 Å². The van der Waals surface area contributed by atoms with E-state index in [0.717, 1.165) is 13.1 Å². The highest BCUT2D eigenvalue weighted by Crippen LogP contribution is 2.40. The third kappa shape index (κ3) is 3.50. The van der Waals surface area contributed by atoms with Crippen molar-refractivity contribution in [2.24, 2.45) is 7.05 Å². The highest BCUT2D eigenvalue weighted by Gasteiger charge is 2.47. The van der Waals surface area contributed by atoms with E-state index in [2.05, 4.69) is 0 Å². The lowest BCUT2D eigenvalue weighted by atomic mass is 9.80. The maximum absolute atomic E-state index is 14.4. The van der Waals surface area contributed by atoms with Gasteiger partial charge < -0.3 is 9.84 Å². The molecule has 0 aliphatic heterocycles. The molecular weight excluding hydrogens is 424 g/mol. The summed E-state index contributed by atoms with van der Waals surface area (Å²) in [7, 11) is 0.778. The van der Waals surface area contributed by atoms with E-state index in [4.69, 9.17) is 16.3 Å². The van der Waals surface area contributed by atoms with Crippen LogP contribution in [0.1, 0.15) is 25.0 Å². The Labute approximate surface area is 164 Å². The lowest BCUT2D eigenvalue weighted by Crippen LogP contribution is -2.50. The van der Waals surface area contributed by atoms with Gasteiger partial charge >= 0.3 is 17.8 Å². The van der Waals surface area contributed by atoms with Crippen LogP contribution < -0.4 is 16.0 Å². The van der Waals surface area contributed by atoms with E-state index in [1.54, 1.807) is 0 Å². The minimum atomic E-state index is -4.98. The number of benzene rings is 1. The summed E-state index contributed by atoms with van der Waals surface area (Å²) >= 11 is 5.90. The molecule has 0 radical (unpaired) electrons. The Morgan fingerprint density at radius 2 is 1.86 bits per heavy atom. The highest BCUT2D eigenvalue weighted by molar-refractivity contribution is 6.32. The van der Waals surface area contributed by atoms with E-state index in [1.807, 2.05) is 0 Å². The summed E-state index contributed by atoms with van der Waals surface area (Å²) in [4.78, 5) is 36.0. The molecule has 0 saturated heterocycles. The van der Waals surface area contributed by atoms with Gasteiger partial charge in [0.15, 0.2) is 0 Å². The van der Waals surface area contributed by atoms with Crippen LogP contribution in [0, 0.1) is 5.82 Å². The van der Waals surface area contributed by atoms with Crippen LogP contribution in [0.4, 0.5) is 17.6 Å². The number of hydrogen-bond acceptors (Lipinski definition) is 4. The second-order valence-electron chi connectivity index (χ2n) is 6.53. The van der Waals surface area contributed by atoms with Gasteiger partial charge in [-0.1, -0.05) is 11.6 Å². The van der Waals surface area contributed by atoms with Crippen LogP contribution in [0.25, 0.3) is 5.69 Å². The van der Waals surface area contributed by atoms with Crippen molar-refractivity contribution in [2.75, 3.05) is 0 Å². The van der Waals surface area contributed by atoms with E-state index >= 15 is 0 Å². The van der Waals surface area contributed by atoms with Gasteiger partial charge in [0.25, 0.3) is 5.56 Å². The van der Waals surface area contributed by atoms with E-state index in [-0.39, 0.29) is 38.8 Å². The normalized spacial score (nSPS) is 15.7. The average molecular weight is 437 g/mol. The SMILES string of the molecule is Cn1c(C(F)(F)F)cc(=O)n(-c2cc(OC3(C(=O)O)CCC3)c(Cl)cc2F)c1=O. The summed E-state index contributed by atoms with van der Waals surface area (Å²) in [5, 5.41) is 9.03. The molecule has 0 spiro atoms. The molecule has 29 heavy (non-hydrogen) atoms. The first kappa shape index (κ1) is 20.9. The Kier molecular flexibility index (Phi) is 4.98. The standard InChI is InChI=1S/C17H13ClF4N2O5/c1-23-12(17(20,21)22)7-13(25)24(15(23)28)10-6-11(8(18)5-9(10)19)29-16(14(26)27)3-2-4-16/h5-7H,2-4H2,1H3,(H,26,27). The lowest BCUT2D eigenvalue weighted by molar-refractivity contribution is -0.163. The molecule has 1 aromatic carbocycles. The maximum Gasteiger partial charge on any atom is 0.431 e. The maximum atomic E-state index is 14.4. The van der Waals surface area contributed by atoms with Crippen molar-refractivity contribution in [3.63, 3.8) is 0 Å². The molecule has 0 atom stereocenters. The van der Waals surface area contributed by atoms with Gasteiger partial charge in [0, 0.05) is 19.2 Å². The smallest absolute Gasteiger partial charge is 0.431 e. The molecule has 1 aliphatic rings. The van der Waals surface area contributed by atoms with Crippen molar-refractivity contribution in [3.05, 3.63) is 55.6 Å². The topological polar surface area (TPSA) is 90.5 Å². The third-order valence-electron chi connectivity index (χ3n) is 4.71. The number of hydrogen-bond donors (Lipinski definition) is 1. The zero-order chi connectivity index (χ0) is 21.7. The average Bonchev–Trinajstić information content (AvgIpc) is 2.56. The Morgan fingerprint density at radius 3 is 2.34 bits per heavy atom. The summed E-state index contributed by atoms with van der Waals surface area (Å²) in [6.07, 6.45) is -4.09. The molecule has 156 valence electrons. The van der Waals surface area contributed by atoms with Gasteiger partial charge in [-0.05, 0) is 25.3 Å². The van der Waals surface area contributed by atoms with Gasteiger partial charge in [0.2, 0.25) is 5.60 Å². The number of alkyl halides is 3. The van der Waals surface area contributed by atoms with Crippen molar-refractivity contribution >= 4 is 17.6 Å². The largest absolute Gasteiger partial charge is 0.478 e. The first-order valence-corrected chi connectivity index (χ1v) is 8.57. The number of aromatic nitrogens is 2. The van der Waals surface area contributed by atoms with E-state index in [1.165, 1.54) is 0 Å². The van der Waals surface area contributed by atoms with Gasteiger partial charge in [0.05, 0.1) is 10.7 Å². The molecule has 1 fully saturated rings. The number of nitrogens with zero attached hydrogens (tertiary/aromatic N) is 2. The molecule has 1 aliphatic carbocycles. The predicted octanol–water partition coefficient (Wildman–Crippen LogP) is 2.73. The van der Waals surface area contributed by atoms with Crippen LogP contribution in [0.3, 0.4) is 0 Å². The number of rotatable bonds is 4. The molecule has 0 bridgehead atoms. The van der Waals surface area contributed by atoms with Gasteiger partial charge in [-0.25, -0.2) is 18.5 Å². The molecule has 2 aromatic rings. The van der Waals surface area contributed by atoms with Gasteiger partial charge in [-0.3, -0.25) is 9.36 Å². The summed E-state index contributed by atoms with van der Waals surface area (Å²) in [5.74, 6) is -2.77. The first-order chi connectivity index (χ1) is 13.4. The van der Waals surface area contributed by atoms with E-state index in [9.17, 15) is 37.1 Å². The third-order valence-corrected chi connectivity index (χ3v) is 5.00.